The number of methoxy groups -OCH3 is 1. The molecule has 1 aromatic heterocycles. The first kappa shape index (κ1) is 22.7. The topological polar surface area (TPSA) is 87.0 Å². The van der Waals surface area contributed by atoms with Gasteiger partial charge in [0.2, 0.25) is 5.91 Å². The molecule has 4 rings (SSSR count). The third-order valence-electron chi connectivity index (χ3n) is 6.15. The summed E-state index contributed by atoms with van der Waals surface area (Å²) in [4.78, 5) is 25.1. The number of carbonyl (C=O) groups excluding carboxylic acids is 1. The van der Waals surface area contributed by atoms with Crippen molar-refractivity contribution in [3.8, 4) is 17.2 Å². The van der Waals surface area contributed by atoms with Gasteiger partial charge in [0.15, 0.2) is 11.5 Å². The van der Waals surface area contributed by atoms with E-state index in [0.29, 0.717) is 43.1 Å². The molecular formula is C26H29NO6. The van der Waals surface area contributed by atoms with Crippen molar-refractivity contribution in [2.24, 2.45) is 0 Å². The highest BCUT2D eigenvalue weighted by molar-refractivity contribution is 5.82. The predicted molar refractivity (Wildman–Crippen MR) is 126 cm³/mol. The van der Waals surface area contributed by atoms with Crippen LogP contribution < -0.4 is 25.2 Å². The molecule has 1 aliphatic rings. The zero-order valence-corrected chi connectivity index (χ0v) is 19.4. The van der Waals surface area contributed by atoms with Crippen LogP contribution in [0.5, 0.6) is 17.2 Å². The maximum Gasteiger partial charge on any atom is 0.339 e. The number of hydrogen-bond donors (Lipinski definition) is 1. The van der Waals surface area contributed by atoms with Crippen LogP contribution in [-0.4, -0.2) is 32.8 Å². The monoisotopic (exact) mass is 451 g/mol. The van der Waals surface area contributed by atoms with Crippen molar-refractivity contribution >= 4 is 16.9 Å². The van der Waals surface area contributed by atoms with Gasteiger partial charge in [0.1, 0.15) is 24.5 Å². The highest BCUT2D eigenvalue weighted by Crippen LogP contribution is 2.35. The summed E-state index contributed by atoms with van der Waals surface area (Å²) in [5.74, 6) is 1.98. The molecule has 0 saturated heterocycles. The summed E-state index contributed by atoms with van der Waals surface area (Å²) >= 11 is 0. The largest absolute Gasteiger partial charge is 0.497 e. The van der Waals surface area contributed by atoms with Gasteiger partial charge < -0.3 is 23.9 Å². The summed E-state index contributed by atoms with van der Waals surface area (Å²) < 4.78 is 21.9. The van der Waals surface area contributed by atoms with E-state index < -0.39 is 5.63 Å². The van der Waals surface area contributed by atoms with Gasteiger partial charge in [-0.3, -0.25) is 4.79 Å². The number of rotatable bonds is 7. The van der Waals surface area contributed by atoms with Crippen LogP contribution in [0.3, 0.4) is 0 Å². The third kappa shape index (κ3) is 4.82. The number of carbonyl (C=O) groups is 1. The van der Waals surface area contributed by atoms with E-state index in [1.165, 1.54) is 0 Å². The quantitative estimate of drug-likeness (QED) is 0.548. The molecule has 0 atom stereocenters. The van der Waals surface area contributed by atoms with Crippen LogP contribution in [0.1, 0.15) is 37.0 Å². The number of benzene rings is 2. The lowest BCUT2D eigenvalue weighted by Crippen LogP contribution is -2.37. The molecule has 0 fully saturated rings. The Morgan fingerprint density at radius 1 is 1.09 bits per heavy atom. The normalized spacial score (nSPS) is 13.1. The lowest BCUT2D eigenvalue weighted by atomic mass is 9.84. The molecule has 0 saturated carbocycles. The highest BCUT2D eigenvalue weighted by Gasteiger charge is 2.24. The second-order valence-electron chi connectivity index (χ2n) is 8.87. The lowest BCUT2D eigenvalue weighted by Gasteiger charge is -2.28. The molecule has 7 heteroatoms. The van der Waals surface area contributed by atoms with Crippen LogP contribution in [0.4, 0.5) is 0 Å². The molecule has 1 aliphatic heterocycles. The summed E-state index contributed by atoms with van der Waals surface area (Å²) in [6.45, 7) is 7.54. The molecule has 1 N–H and O–H groups in total. The Bertz CT molecular complexity index is 1240. The number of fused-ring (bicyclic) bond motifs is 2. The molecule has 2 aromatic carbocycles. The van der Waals surface area contributed by atoms with Crippen LogP contribution in [0.25, 0.3) is 11.0 Å². The standard InChI is InChI=1S/C26H29NO6/c1-16-19-7-6-18(30-4)14-22(19)33-25(29)20(16)8-10-24(28)27-15-26(2,3)17-5-9-21-23(13-17)32-12-11-31-21/h5-7,9,13-14H,8,10-12,15H2,1-4H3,(H,27,28). The minimum atomic E-state index is -0.419. The van der Waals surface area contributed by atoms with Crippen molar-refractivity contribution < 1.29 is 23.4 Å². The molecular weight excluding hydrogens is 422 g/mol. The van der Waals surface area contributed by atoms with Crippen LogP contribution in [-0.2, 0) is 16.6 Å². The smallest absolute Gasteiger partial charge is 0.339 e. The fourth-order valence-electron chi connectivity index (χ4n) is 4.00. The Morgan fingerprint density at radius 3 is 2.61 bits per heavy atom. The van der Waals surface area contributed by atoms with E-state index in [-0.39, 0.29) is 17.7 Å². The van der Waals surface area contributed by atoms with Crippen molar-refractivity contribution in [1.82, 2.24) is 5.32 Å². The average Bonchev–Trinajstić information content (AvgIpc) is 2.82. The van der Waals surface area contributed by atoms with E-state index in [1.807, 2.05) is 37.3 Å². The average molecular weight is 452 g/mol. The van der Waals surface area contributed by atoms with E-state index in [0.717, 1.165) is 28.0 Å². The molecule has 7 nitrogen and oxygen atoms in total. The van der Waals surface area contributed by atoms with Gasteiger partial charge in [-0.2, -0.15) is 0 Å². The minimum Gasteiger partial charge on any atom is -0.497 e. The Labute approximate surface area is 192 Å². The maximum absolute atomic E-state index is 12.6. The van der Waals surface area contributed by atoms with E-state index in [1.54, 1.807) is 13.2 Å². The van der Waals surface area contributed by atoms with Crippen molar-refractivity contribution in [1.29, 1.82) is 0 Å². The fraction of sp³-hybridized carbons (Fsp3) is 0.385. The molecule has 2 heterocycles. The first-order chi connectivity index (χ1) is 15.8. The van der Waals surface area contributed by atoms with Crippen molar-refractivity contribution in [3.05, 3.63) is 63.5 Å². The summed E-state index contributed by atoms with van der Waals surface area (Å²) in [5.41, 5.74) is 2.15. The Kier molecular flexibility index (Phi) is 6.31. The van der Waals surface area contributed by atoms with Crippen LogP contribution in [0, 0.1) is 6.92 Å². The number of hydrogen-bond acceptors (Lipinski definition) is 6. The summed E-state index contributed by atoms with van der Waals surface area (Å²) in [5, 5.41) is 3.84. The van der Waals surface area contributed by atoms with Gasteiger partial charge in [0.25, 0.3) is 0 Å². The third-order valence-corrected chi connectivity index (χ3v) is 6.15. The zero-order valence-electron chi connectivity index (χ0n) is 19.4. The number of ether oxygens (including phenoxy) is 3. The molecule has 33 heavy (non-hydrogen) atoms. The lowest BCUT2D eigenvalue weighted by molar-refractivity contribution is -0.121. The fourth-order valence-corrected chi connectivity index (χ4v) is 4.00. The van der Waals surface area contributed by atoms with Crippen molar-refractivity contribution in [2.45, 2.75) is 39.0 Å². The molecule has 0 radical (unpaired) electrons. The molecule has 0 spiro atoms. The first-order valence-electron chi connectivity index (χ1n) is 11.1. The van der Waals surface area contributed by atoms with E-state index in [2.05, 4.69) is 19.2 Å². The Balaban J connectivity index is 1.40. The minimum absolute atomic E-state index is 0.116. The first-order valence-corrected chi connectivity index (χ1v) is 11.1. The van der Waals surface area contributed by atoms with E-state index in [4.69, 9.17) is 18.6 Å². The van der Waals surface area contributed by atoms with Crippen LogP contribution in [0.15, 0.2) is 45.6 Å². The van der Waals surface area contributed by atoms with Gasteiger partial charge in [0, 0.05) is 35.4 Å². The SMILES string of the molecule is COc1ccc2c(C)c(CCC(=O)NCC(C)(C)c3ccc4c(c3)OCCO4)c(=O)oc2c1. The van der Waals surface area contributed by atoms with Crippen LogP contribution >= 0.6 is 0 Å². The Hall–Kier alpha value is -3.48. The molecule has 3 aromatic rings. The van der Waals surface area contributed by atoms with Gasteiger partial charge >= 0.3 is 5.63 Å². The molecule has 0 bridgehead atoms. The molecule has 0 aliphatic carbocycles. The number of aryl methyl sites for hydroxylation is 1. The highest BCUT2D eigenvalue weighted by atomic mass is 16.6. The zero-order chi connectivity index (χ0) is 23.6. The Morgan fingerprint density at radius 2 is 1.85 bits per heavy atom. The summed E-state index contributed by atoms with van der Waals surface area (Å²) in [6, 6.07) is 11.3. The van der Waals surface area contributed by atoms with Gasteiger partial charge in [0.05, 0.1) is 7.11 Å². The van der Waals surface area contributed by atoms with Gasteiger partial charge in [-0.15, -0.1) is 0 Å². The summed E-state index contributed by atoms with van der Waals surface area (Å²) in [6.07, 6.45) is 0.511. The van der Waals surface area contributed by atoms with E-state index >= 15 is 0 Å². The van der Waals surface area contributed by atoms with Gasteiger partial charge in [-0.05, 0) is 48.7 Å². The molecule has 1 amide bonds. The van der Waals surface area contributed by atoms with Crippen LogP contribution in [0.2, 0.25) is 0 Å². The number of amides is 1. The number of nitrogens with one attached hydrogen (secondary N) is 1. The van der Waals surface area contributed by atoms with Gasteiger partial charge in [-0.1, -0.05) is 19.9 Å². The maximum atomic E-state index is 12.6. The van der Waals surface area contributed by atoms with Crippen molar-refractivity contribution in [3.63, 3.8) is 0 Å². The second kappa shape index (κ2) is 9.17. The second-order valence-corrected chi connectivity index (χ2v) is 8.87. The molecule has 0 unspecified atom stereocenters. The van der Waals surface area contributed by atoms with Crippen molar-refractivity contribution in [2.75, 3.05) is 26.9 Å². The van der Waals surface area contributed by atoms with Gasteiger partial charge in [-0.25, -0.2) is 4.79 Å². The summed E-state index contributed by atoms with van der Waals surface area (Å²) in [7, 11) is 1.56. The van der Waals surface area contributed by atoms with E-state index in [9.17, 15) is 9.59 Å². The predicted octanol–water partition coefficient (Wildman–Crippen LogP) is 3.91. The molecule has 174 valence electrons.